The van der Waals surface area contributed by atoms with E-state index in [-0.39, 0.29) is 29.9 Å². The van der Waals surface area contributed by atoms with Gasteiger partial charge in [0.2, 0.25) is 5.91 Å². The van der Waals surface area contributed by atoms with Gasteiger partial charge in [-0.25, -0.2) is 4.79 Å². The van der Waals surface area contributed by atoms with Crippen molar-refractivity contribution in [2.75, 3.05) is 27.2 Å². The molecule has 154 valence electrons. The average Bonchev–Trinajstić information content (AvgIpc) is 2.43. The number of ether oxygens (including phenoxy) is 1. The second-order valence-corrected chi connectivity index (χ2v) is 8.25. The van der Waals surface area contributed by atoms with Crippen LogP contribution in [0.15, 0.2) is 4.99 Å². The minimum Gasteiger partial charge on any atom is -0.444 e. The fraction of sp³-hybridized carbons (Fsp3) is 0.824. The number of amides is 2. The molecule has 0 rings (SSSR count). The summed E-state index contributed by atoms with van der Waals surface area (Å²) in [6.45, 7) is 13.8. The monoisotopic (exact) mass is 485 g/mol. The van der Waals surface area contributed by atoms with Gasteiger partial charge in [-0.05, 0) is 48.5 Å². The van der Waals surface area contributed by atoms with Gasteiger partial charge >= 0.3 is 6.09 Å². The fourth-order valence-corrected chi connectivity index (χ4v) is 1.87. The Morgan fingerprint density at radius 3 is 1.88 bits per heavy atom. The van der Waals surface area contributed by atoms with Crippen LogP contribution in [0.2, 0.25) is 0 Å². The largest absolute Gasteiger partial charge is 0.444 e. The van der Waals surface area contributed by atoms with Crippen molar-refractivity contribution in [3.05, 3.63) is 0 Å². The molecule has 0 aromatic carbocycles. The molecule has 0 fully saturated rings. The third-order valence-corrected chi connectivity index (χ3v) is 3.30. The van der Waals surface area contributed by atoms with E-state index in [1.807, 2.05) is 48.5 Å². The molecule has 0 aliphatic rings. The standard InChI is InChI=1S/C17H35N5O3.HI/c1-15(2,3)25-14(24)22-17(6,7)11-21-13(19-9)20-10-16(4,5)12(23)18-8;/h10-11H2,1-9H3,(H,18,23)(H,22,24)(H2,19,20,21);1H. The van der Waals surface area contributed by atoms with Gasteiger partial charge in [-0.15, -0.1) is 24.0 Å². The molecule has 0 atom stereocenters. The van der Waals surface area contributed by atoms with Crippen molar-refractivity contribution in [3.63, 3.8) is 0 Å². The van der Waals surface area contributed by atoms with Gasteiger partial charge in [-0.2, -0.15) is 0 Å². The van der Waals surface area contributed by atoms with E-state index < -0.39 is 22.6 Å². The first kappa shape index (κ1) is 27.0. The van der Waals surface area contributed by atoms with Gasteiger partial charge in [-0.3, -0.25) is 9.79 Å². The summed E-state index contributed by atoms with van der Waals surface area (Å²) in [7, 11) is 3.26. The highest BCUT2D eigenvalue weighted by molar-refractivity contribution is 14.0. The molecule has 0 radical (unpaired) electrons. The van der Waals surface area contributed by atoms with Gasteiger partial charge in [-0.1, -0.05) is 0 Å². The van der Waals surface area contributed by atoms with Crippen LogP contribution in [-0.2, 0) is 9.53 Å². The van der Waals surface area contributed by atoms with E-state index in [4.69, 9.17) is 4.74 Å². The maximum absolute atomic E-state index is 11.9. The van der Waals surface area contributed by atoms with Crippen LogP contribution >= 0.6 is 24.0 Å². The maximum atomic E-state index is 11.9. The molecule has 0 spiro atoms. The number of carbonyl (C=O) groups is 2. The number of guanidine groups is 1. The molecule has 0 aliphatic heterocycles. The number of nitrogens with zero attached hydrogens (tertiary/aromatic N) is 1. The maximum Gasteiger partial charge on any atom is 0.408 e. The molecule has 0 aromatic heterocycles. The van der Waals surface area contributed by atoms with Crippen LogP contribution in [0.5, 0.6) is 0 Å². The highest BCUT2D eigenvalue weighted by Crippen LogP contribution is 2.13. The van der Waals surface area contributed by atoms with Gasteiger partial charge in [0.05, 0.1) is 11.0 Å². The van der Waals surface area contributed by atoms with Crippen molar-refractivity contribution >= 4 is 41.9 Å². The normalized spacial score (nSPS) is 12.6. The summed E-state index contributed by atoms with van der Waals surface area (Å²) >= 11 is 0. The molecule has 4 N–H and O–H groups in total. The first-order valence-electron chi connectivity index (χ1n) is 8.40. The molecule has 0 aromatic rings. The Kier molecular flexibility index (Phi) is 11.2. The van der Waals surface area contributed by atoms with E-state index >= 15 is 0 Å². The lowest BCUT2D eigenvalue weighted by Crippen LogP contribution is -2.55. The predicted octanol–water partition coefficient (Wildman–Crippen LogP) is 1.84. The Balaban J connectivity index is 0. The van der Waals surface area contributed by atoms with Crippen LogP contribution in [0.3, 0.4) is 0 Å². The number of halogens is 1. The Labute approximate surface area is 174 Å². The number of aliphatic imine (C=N–C) groups is 1. The number of hydrogen-bond acceptors (Lipinski definition) is 4. The summed E-state index contributed by atoms with van der Waals surface area (Å²) in [4.78, 5) is 27.9. The topological polar surface area (TPSA) is 104 Å². The smallest absolute Gasteiger partial charge is 0.408 e. The summed E-state index contributed by atoms with van der Waals surface area (Å²) in [5, 5.41) is 11.7. The molecule has 8 nitrogen and oxygen atoms in total. The minimum absolute atomic E-state index is 0. The number of rotatable bonds is 6. The summed E-state index contributed by atoms with van der Waals surface area (Å²) in [5.74, 6) is 0.499. The highest BCUT2D eigenvalue weighted by Gasteiger charge is 2.28. The van der Waals surface area contributed by atoms with E-state index in [2.05, 4.69) is 26.3 Å². The Morgan fingerprint density at radius 1 is 0.962 bits per heavy atom. The Hall–Kier alpha value is -1.26. The average molecular weight is 485 g/mol. The zero-order valence-corrected chi connectivity index (χ0v) is 19.8. The van der Waals surface area contributed by atoms with Gasteiger partial charge in [0.25, 0.3) is 0 Å². The van der Waals surface area contributed by atoms with Crippen LogP contribution in [0.1, 0.15) is 48.5 Å². The molecule has 0 saturated heterocycles. The van der Waals surface area contributed by atoms with Crippen LogP contribution in [0.4, 0.5) is 4.79 Å². The van der Waals surface area contributed by atoms with Crippen molar-refractivity contribution < 1.29 is 14.3 Å². The number of hydrogen-bond donors (Lipinski definition) is 4. The van der Waals surface area contributed by atoms with Gasteiger partial charge in [0, 0.05) is 27.2 Å². The number of alkyl carbamates (subject to hydrolysis) is 1. The second kappa shape index (κ2) is 10.8. The molecule has 0 bridgehead atoms. The fourth-order valence-electron chi connectivity index (χ4n) is 1.87. The predicted molar refractivity (Wildman–Crippen MR) is 116 cm³/mol. The van der Waals surface area contributed by atoms with Crippen LogP contribution in [0.25, 0.3) is 0 Å². The Morgan fingerprint density at radius 2 is 1.46 bits per heavy atom. The van der Waals surface area contributed by atoms with E-state index in [0.29, 0.717) is 19.0 Å². The van der Waals surface area contributed by atoms with Gasteiger partial charge in [0.1, 0.15) is 5.60 Å². The lowest BCUT2D eigenvalue weighted by atomic mass is 9.92. The first-order valence-corrected chi connectivity index (χ1v) is 8.40. The third-order valence-electron chi connectivity index (χ3n) is 3.30. The van der Waals surface area contributed by atoms with Gasteiger partial charge < -0.3 is 26.0 Å². The first-order chi connectivity index (χ1) is 11.2. The molecule has 0 unspecified atom stereocenters. The van der Waals surface area contributed by atoms with Crippen molar-refractivity contribution in [1.29, 1.82) is 0 Å². The molecule has 26 heavy (non-hydrogen) atoms. The van der Waals surface area contributed by atoms with Crippen molar-refractivity contribution in [1.82, 2.24) is 21.3 Å². The van der Waals surface area contributed by atoms with Crippen LogP contribution in [-0.4, -0.2) is 56.3 Å². The molecular formula is C17H36IN5O3. The van der Waals surface area contributed by atoms with E-state index in [9.17, 15) is 9.59 Å². The highest BCUT2D eigenvalue weighted by atomic mass is 127. The zero-order valence-electron chi connectivity index (χ0n) is 17.5. The van der Waals surface area contributed by atoms with Crippen LogP contribution < -0.4 is 21.3 Å². The third kappa shape index (κ3) is 11.4. The van der Waals surface area contributed by atoms with E-state index in [1.54, 1.807) is 14.1 Å². The minimum atomic E-state index is -0.573. The molecule has 9 heteroatoms. The van der Waals surface area contributed by atoms with Crippen molar-refractivity contribution in [2.45, 2.75) is 59.6 Å². The number of carbonyl (C=O) groups excluding carboxylic acids is 2. The SMILES string of the molecule is CN=C(NCC(C)(C)NC(=O)OC(C)(C)C)NCC(C)(C)C(=O)NC.I. The van der Waals surface area contributed by atoms with Crippen molar-refractivity contribution in [2.24, 2.45) is 10.4 Å². The molecule has 0 aliphatic carbocycles. The molecule has 2 amide bonds. The quantitative estimate of drug-likeness (QED) is 0.261. The van der Waals surface area contributed by atoms with E-state index in [1.165, 1.54) is 0 Å². The second-order valence-electron chi connectivity index (χ2n) is 8.25. The van der Waals surface area contributed by atoms with E-state index in [0.717, 1.165) is 0 Å². The molecule has 0 heterocycles. The summed E-state index contributed by atoms with van der Waals surface area (Å²) in [6.07, 6.45) is -0.469. The lowest BCUT2D eigenvalue weighted by Gasteiger charge is -2.30. The van der Waals surface area contributed by atoms with Crippen molar-refractivity contribution in [3.8, 4) is 0 Å². The zero-order chi connectivity index (χ0) is 19.9. The van der Waals surface area contributed by atoms with Crippen LogP contribution in [0, 0.1) is 5.41 Å². The molecular weight excluding hydrogens is 449 g/mol. The summed E-state index contributed by atoms with van der Waals surface area (Å²) in [6, 6.07) is 0. The summed E-state index contributed by atoms with van der Waals surface area (Å²) < 4.78 is 5.27. The Bertz CT molecular complexity index is 499. The lowest BCUT2D eigenvalue weighted by molar-refractivity contribution is -0.128. The van der Waals surface area contributed by atoms with Gasteiger partial charge in [0.15, 0.2) is 5.96 Å². The number of nitrogens with one attached hydrogen (secondary N) is 4. The molecule has 0 saturated carbocycles. The summed E-state index contributed by atoms with van der Waals surface area (Å²) in [5.41, 5.74) is -1.66.